The molecule has 2 aliphatic carbocycles. The van der Waals surface area contributed by atoms with Gasteiger partial charge in [-0.25, -0.2) is 13.8 Å². The Morgan fingerprint density at radius 3 is 2.63 bits per heavy atom. The van der Waals surface area contributed by atoms with E-state index in [9.17, 15) is 31.8 Å². The van der Waals surface area contributed by atoms with E-state index in [4.69, 9.17) is 11.6 Å². The molecule has 0 N–H and O–H groups in total. The maximum absolute atomic E-state index is 15.1. The van der Waals surface area contributed by atoms with E-state index in [2.05, 4.69) is 4.98 Å². The highest BCUT2D eigenvalue weighted by atomic mass is 35.5. The summed E-state index contributed by atoms with van der Waals surface area (Å²) in [7, 11) is -1.65. The topological polar surface area (TPSA) is 77.3 Å². The molecule has 6 nitrogen and oxygen atoms in total. The number of alkyl halides is 4. The van der Waals surface area contributed by atoms with Crippen LogP contribution in [0.5, 0.6) is 0 Å². The molecule has 3 aliphatic rings. The summed E-state index contributed by atoms with van der Waals surface area (Å²) < 4.78 is 82.9. The third-order valence-electron chi connectivity index (χ3n) is 6.07. The van der Waals surface area contributed by atoms with Gasteiger partial charge in [-0.2, -0.15) is 18.4 Å². The highest BCUT2D eigenvalue weighted by Crippen LogP contribution is 2.44. The smallest absolute Gasteiger partial charge is 0.331 e. The molecule has 2 heterocycles. The van der Waals surface area contributed by atoms with Gasteiger partial charge >= 0.3 is 6.18 Å². The van der Waals surface area contributed by atoms with Gasteiger partial charge in [0.05, 0.1) is 27.9 Å². The fourth-order valence-electron chi connectivity index (χ4n) is 4.18. The summed E-state index contributed by atoms with van der Waals surface area (Å²) in [6.07, 6.45) is -2.86. The van der Waals surface area contributed by atoms with Crippen molar-refractivity contribution in [3.63, 3.8) is 0 Å². The van der Waals surface area contributed by atoms with Crippen molar-refractivity contribution < 1.29 is 31.0 Å². The van der Waals surface area contributed by atoms with Gasteiger partial charge < -0.3 is 9.80 Å². The maximum Gasteiger partial charge on any atom is 0.417 e. The Morgan fingerprint density at radius 2 is 2.06 bits per heavy atom. The molecule has 3 atom stereocenters. The largest absolute Gasteiger partial charge is 0.417 e. The van der Waals surface area contributed by atoms with E-state index in [0.717, 1.165) is 22.8 Å². The third-order valence-corrected chi connectivity index (χ3v) is 7.88. The van der Waals surface area contributed by atoms with Crippen molar-refractivity contribution in [1.82, 2.24) is 9.88 Å². The number of pyridine rings is 1. The van der Waals surface area contributed by atoms with Gasteiger partial charge in [0.2, 0.25) is 0 Å². The number of aromatic nitrogens is 1. The van der Waals surface area contributed by atoms with Gasteiger partial charge in [-0.05, 0) is 32.8 Å². The van der Waals surface area contributed by atoms with Gasteiger partial charge in [-0.1, -0.05) is 17.7 Å². The van der Waals surface area contributed by atoms with Crippen molar-refractivity contribution in [2.45, 2.75) is 57.0 Å². The van der Waals surface area contributed by atoms with Crippen LogP contribution in [0, 0.1) is 18.3 Å². The van der Waals surface area contributed by atoms with E-state index in [1.54, 1.807) is 0 Å². The molecule has 2 unspecified atom stereocenters. The van der Waals surface area contributed by atoms with Crippen molar-refractivity contribution >= 4 is 34.1 Å². The number of carbonyl (C=O) groups is 1. The van der Waals surface area contributed by atoms with Crippen LogP contribution in [-0.2, 0) is 21.8 Å². The maximum atomic E-state index is 15.1. The summed E-state index contributed by atoms with van der Waals surface area (Å²) in [5, 5.41) is 8.85. The van der Waals surface area contributed by atoms with Crippen LogP contribution < -0.4 is 4.90 Å². The van der Waals surface area contributed by atoms with Gasteiger partial charge in [-0.3, -0.25) is 9.00 Å². The summed E-state index contributed by atoms with van der Waals surface area (Å²) in [6, 6.07) is 0.546. The van der Waals surface area contributed by atoms with Gasteiger partial charge in [0, 0.05) is 29.0 Å². The molecule has 1 aliphatic heterocycles. The average Bonchev–Trinajstić information content (AvgIpc) is 3.53. The number of amides is 1. The Balaban J connectivity index is 1.77. The molecule has 1 saturated carbocycles. The van der Waals surface area contributed by atoms with Gasteiger partial charge in [0.15, 0.2) is 5.83 Å². The first-order chi connectivity index (χ1) is 16.3. The molecular formula is C22H20ClF5N4O2S. The molecule has 1 amide bonds. The number of allylic oxidation sites excluding steroid dienone is 3. The fourth-order valence-corrected chi connectivity index (χ4v) is 5.74. The van der Waals surface area contributed by atoms with Crippen molar-refractivity contribution in [2.24, 2.45) is 0 Å². The zero-order valence-corrected chi connectivity index (χ0v) is 20.2. The zero-order chi connectivity index (χ0) is 25.9. The SMILES string of the molecule is Cc1cc(C(F)(F)F)c(C#N)c(N2CS(=O)C[C@@H]2C(=O)N(C2=CCC(C)(F)C(Cl)=C2F)C2CC2)n1. The monoisotopic (exact) mass is 534 g/mol. The predicted molar refractivity (Wildman–Crippen MR) is 119 cm³/mol. The van der Waals surface area contributed by atoms with Crippen LogP contribution in [0.1, 0.15) is 43.0 Å². The predicted octanol–water partition coefficient (Wildman–Crippen LogP) is 4.60. The first-order valence-electron chi connectivity index (χ1n) is 10.6. The van der Waals surface area contributed by atoms with Crippen molar-refractivity contribution in [1.29, 1.82) is 5.26 Å². The van der Waals surface area contributed by atoms with Crippen LogP contribution >= 0.6 is 11.6 Å². The lowest BCUT2D eigenvalue weighted by atomic mass is 9.96. The molecule has 1 aromatic rings. The number of nitrogens with zero attached hydrogens (tertiary/aromatic N) is 4. The number of hydrogen-bond acceptors (Lipinski definition) is 5. The van der Waals surface area contributed by atoms with Gasteiger partial charge in [0.25, 0.3) is 5.91 Å². The molecule has 0 radical (unpaired) electrons. The lowest BCUT2D eigenvalue weighted by Gasteiger charge is -2.34. The van der Waals surface area contributed by atoms with Crippen LogP contribution in [0.3, 0.4) is 0 Å². The molecule has 35 heavy (non-hydrogen) atoms. The van der Waals surface area contributed by atoms with E-state index < -0.39 is 68.4 Å². The summed E-state index contributed by atoms with van der Waals surface area (Å²) in [6.45, 7) is 2.42. The number of halogens is 6. The van der Waals surface area contributed by atoms with Crippen LogP contribution in [0.2, 0.25) is 0 Å². The quantitative estimate of drug-likeness (QED) is 0.528. The van der Waals surface area contributed by atoms with Crippen molar-refractivity contribution in [2.75, 3.05) is 16.5 Å². The Kier molecular flexibility index (Phi) is 6.47. The summed E-state index contributed by atoms with van der Waals surface area (Å²) >= 11 is 5.89. The molecule has 1 aromatic heterocycles. The van der Waals surface area contributed by atoms with Gasteiger partial charge in [-0.15, -0.1) is 0 Å². The minimum Gasteiger partial charge on any atom is -0.331 e. The minimum atomic E-state index is -4.86. The standard InChI is InChI=1S/C22H20ClF5N4O2S/c1-11-7-14(22(26,27)28)13(8-29)19(30-11)31-10-35(34)9-16(31)20(33)32(12-3-4-12)15-5-6-21(2,25)18(23)17(15)24/h5,7,12,16H,3-4,6,9-10H2,1-2H3/t16-,21?,35?/m1/s1. The number of anilines is 1. The minimum absolute atomic E-state index is 0.0489. The molecule has 0 bridgehead atoms. The van der Waals surface area contributed by atoms with Crippen LogP contribution in [0.15, 0.2) is 28.7 Å². The molecule has 1 saturated heterocycles. The third kappa shape index (κ3) is 4.68. The number of hydrogen-bond donors (Lipinski definition) is 0. The Morgan fingerprint density at radius 1 is 1.40 bits per heavy atom. The molecule has 188 valence electrons. The van der Waals surface area contributed by atoms with Crippen LogP contribution in [-0.4, -0.2) is 49.4 Å². The van der Waals surface area contributed by atoms with Crippen molar-refractivity contribution in [3.05, 3.63) is 45.5 Å². The molecule has 0 aromatic carbocycles. The normalized spacial score (nSPS) is 27.1. The summed E-state index contributed by atoms with van der Waals surface area (Å²) in [4.78, 5) is 20.0. The number of nitriles is 1. The van der Waals surface area contributed by atoms with E-state index in [0.29, 0.717) is 12.8 Å². The lowest BCUT2D eigenvalue weighted by Crippen LogP contribution is -2.48. The summed E-state index contributed by atoms with van der Waals surface area (Å²) in [5.74, 6) is -2.83. The highest BCUT2D eigenvalue weighted by Gasteiger charge is 2.48. The van der Waals surface area contributed by atoms with E-state index in [1.807, 2.05) is 0 Å². The summed E-state index contributed by atoms with van der Waals surface area (Å²) in [5.41, 5.74) is -4.42. The van der Waals surface area contributed by atoms with Crippen molar-refractivity contribution in [3.8, 4) is 6.07 Å². The zero-order valence-electron chi connectivity index (χ0n) is 18.6. The highest BCUT2D eigenvalue weighted by molar-refractivity contribution is 7.85. The first-order valence-corrected chi connectivity index (χ1v) is 12.5. The van der Waals surface area contributed by atoms with Crippen LogP contribution in [0.25, 0.3) is 0 Å². The number of carbonyl (C=O) groups excluding carboxylic acids is 1. The molecule has 13 heteroatoms. The second-order valence-electron chi connectivity index (χ2n) is 8.90. The Hall–Kier alpha value is -2.52. The fraction of sp³-hybridized carbons (Fsp3) is 0.500. The molecule has 0 spiro atoms. The van der Waals surface area contributed by atoms with E-state index >= 15 is 4.39 Å². The second kappa shape index (κ2) is 8.85. The molecular weight excluding hydrogens is 515 g/mol. The second-order valence-corrected chi connectivity index (χ2v) is 10.7. The van der Waals surface area contributed by atoms with E-state index in [-0.39, 0.29) is 29.4 Å². The lowest BCUT2D eigenvalue weighted by molar-refractivity contribution is -0.137. The molecule has 4 rings (SSSR count). The Bertz CT molecular complexity index is 1220. The van der Waals surface area contributed by atoms with E-state index in [1.165, 1.54) is 19.1 Å². The van der Waals surface area contributed by atoms with Crippen LogP contribution in [0.4, 0.5) is 27.8 Å². The first kappa shape index (κ1) is 25.6. The van der Waals surface area contributed by atoms with Gasteiger partial charge in [0.1, 0.15) is 29.2 Å². The number of aryl methyl sites for hydroxylation is 1. The number of rotatable bonds is 4. The average molecular weight is 535 g/mol. The Labute approximate surface area is 205 Å². The molecule has 2 fully saturated rings.